The van der Waals surface area contributed by atoms with Gasteiger partial charge in [-0.1, -0.05) is 37.6 Å². The second kappa shape index (κ2) is 22.0. The molecule has 0 spiro atoms. The quantitative estimate of drug-likeness (QED) is 0.157. The summed E-state index contributed by atoms with van der Waals surface area (Å²) in [5, 5.41) is 8.18. The number of pyridine rings is 4. The number of hydrogen-bond donors (Lipinski definition) is 2. The molecule has 77 heavy (non-hydrogen) atoms. The van der Waals surface area contributed by atoms with Crippen LogP contribution in [0.2, 0.25) is 5.15 Å². The van der Waals surface area contributed by atoms with Crippen LogP contribution in [0.1, 0.15) is 141 Å². The second-order valence-corrected chi connectivity index (χ2v) is 23.6. The van der Waals surface area contributed by atoms with Gasteiger partial charge in [-0.2, -0.15) is 9.97 Å². The van der Waals surface area contributed by atoms with E-state index in [9.17, 15) is 9.59 Å². The zero-order valence-corrected chi connectivity index (χ0v) is 46.3. The molecular formula is C58H71ClN14O4. The van der Waals surface area contributed by atoms with Crippen LogP contribution in [-0.2, 0) is 35.4 Å². The van der Waals surface area contributed by atoms with Gasteiger partial charge >= 0.3 is 12.2 Å². The van der Waals surface area contributed by atoms with Crippen molar-refractivity contribution >= 4 is 85.4 Å². The topological polar surface area (TPSA) is 210 Å². The highest BCUT2D eigenvalue weighted by molar-refractivity contribution is 6.29. The van der Waals surface area contributed by atoms with E-state index in [4.69, 9.17) is 36.8 Å². The van der Waals surface area contributed by atoms with E-state index < -0.39 is 11.2 Å². The highest BCUT2D eigenvalue weighted by Crippen LogP contribution is 2.40. The Balaban J connectivity index is 0.000000145. The average Bonchev–Trinajstić information content (AvgIpc) is 3.90. The van der Waals surface area contributed by atoms with Gasteiger partial charge in [-0.15, -0.1) is 0 Å². The Morgan fingerprint density at radius 1 is 0.597 bits per heavy atom. The van der Waals surface area contributed by atoms with E-state index in [1.807, 2.05) is 96.9 Å². The first-order valence-corrected chi connectivity index (χ1v) is 27.5. The smallest absolute Gasteiger partial charge is 0.410 e. The van der Waals surface area contributed by atoms with Crippen LogP contribution in [0.25, 0.3) is 43.9 Å². The Labute approximate surface area is 454 Å². The van der Waals surface area contributed by atoms with Crippen molar-refractivity contribution in [2.45, 2.75) is 156 Å². The summed E-state index contributed by atoms with van der Waals surface area (Å²) in [5.41, 5.74) is 13.0. The number of amides is 2. The van der Waals surface area contributed by atoms with Crippen molar-refractivity contribution in [1.29, 1.82) is 0 Å². The second-order valence-electron chi connectivity index (χ2n) is 23.2. The number of rotatable bonds is 4. The van der Waals surface area contributed by atoms with E-state index in [2.05, 4.69) is 70.3 Å². The average molecular weight is 1060 g/mol. The fourth-order valence-corrected chi connectivity index (χ4v) is 11.3. The Kier molecular flexibility index (Phi) is 15.2. The Hall–Kier alpha value is -7.21. The van der Waals surface area contributed by atoms with Crippen molar-refractivity contribution in [3.8, 4) is 0 Å². The highest BCUT2D eigenvalue weighted by atomic mass is 35.5. The molecule has 2 aliphatic heterocycles. The van der Waals surface area contributed by atoms with Crippen molar-refractivity contribution < 1.29 is 19.1 Å². The summed E-state index contributed by atoms with van der Waals surface area (Å²) in [6.07, 6.45) is 21.9. The third-order valence-electron chi connectivity index (χ3n) is 15.0. The number of nitrogens with one attached hydrogen (secondary N) is 1. The number of fused-ring (bicyclic) bond motifs is 8. The maximum absolute atomic E-state index is 12.6. The lowest BCUT2D eigenvalue weighted by molar-refractivity contribution is 0.0211. The summed E-state index contributed by atoms with van der Waals surface area (Å²) in [7, 11) is 0. The van der Waals surface area contributed by atoms with Crippen molar-refractivity contribution in [1.82, 2.24) is 58.8 Å². The first-order valence-electron chi connectivity index (χ1n) is 27.2. The van der Waals surface area contributed by atoms with Gasteiger partial charge in [0.15, 0.2) is 0 Å². The van der Waals surface area contributed by atoms with Crippen LogP contribution in [0.3, 0.4) is 0 Å². The normalized spacial score (nSPS) is 19.6. The lowest BCUT2D eigenvalue weighted by atomic mass is 9.87. The molecule has 0 bridgehead atoms. The van der Waals surface area contributed by atoms with Gasteiger partial charge in [-0.25, -0.2) is 29.5 Å². The molecule has 2 saturated carbocycles. The lowest BCUT2D eigenvalue weighted by Crippen LogP contribution is -2.40. The molecule has 19 heteroatoms. The summed E-state index contributed by atoms with van der Waals surface area (Å²) in [5.74, 6) is 3.09. The molecule has 0 atom stereocenters. The van der Waals surface area contributed by atoms with Gasteiger partial charge in [0.05, 0.1) is 47.9 Å². The molecular weight excluding hydrogens is 992 g/mol. The molecule has 18 nitrogen and oxygen atoms in total. The molecule has 8 aromatic heterocycles. The number of ether oxygens (including phenoxy) is 2. The number of halogens is 1. The van der Waals surface area contributed by atoms with Crippen LogP contribution in [0, 0.1) is 11.8 Å². The predicted octanol–water partition coefficient (Wildman–Crippen LogP) is 12.5. The maximum Gasteiger partial charge on any atom is 0.410 e. The third kappa shape index (κ3) is 12.2. The molecule has 2 aliphatic carbocycles. The Morgan fingerprint density at radius 3 is 1.60 bits per heavy atom. The molecule has 0 aromatic carbocycles. The van der Waals surface area contributed by atoms with E-state index in [1.54, 1.807) is 15.9 Å². The molecule has 3 N–H and O–H groups in total. The minimum Gasteiger partial charge on any atom is -0.444 e. The molecule has 0 radical (unpaired) electrons. The van der Waals surface area contributed by atoms with Crippen molar-refractivity contribution in [3.63, 3.8) is 0 Å². The maximum atomic E-state index is 12.6. The number of nitrogens with two attached hydrogens (primary N) is 1. The fraction of sp³-hybridized carbons (Fsp3) is 0.483. The van der Waals surface area contributed by atoms with E-state index in [0.29, 0.717) is 61.1 Å². The van der Waals surface area contributed by atoms with Crippen LogP contribution in [0.5, 0.6) is 0 Å². The number of aromatic nitrogens is 10. The van der Waals surface area contributed by atoms with E-state index >= 15 is 0 Å². The minimum atomic E-state index is -0.529. The number of hydrogen-bond acceptors (Lipinski definition) is 14. The molecule has 2 fully saturated rings. The number of nitrogen functional groups attached to an aromatic ring is 1. The summed E-state index contributed by atoms with van der Waals surface area (Å²) in [6, 6.07) is 12.8. The Morgan fingerprint density at radius 2 is 1.08 bits per heavy atom. The number of nitrogens with zero attached hydrogens (tertiary/aromatic N) is 12. The molecule has 2 amide bonds. The van der Waals surface area contributed by atoms with Crippen LogP contribution < -0.4 is 11.1 Å². The zero-order chi connectivity index (χ0) is 54.2. The first-order chi connectivity index (χ1) is 36.8. The van der Waals surface area contributed by atoms with Gasteiger partial charge < -0.3 is 39.5 Å². The summed E-state index contributed by atoms with van der Waals surface area (Å²) >= 11 is 5.86. The van der Waals surface area contributed by atoms with Gasteiger partial charge in [0.25, 0.3) is 0 Å². The van der Waals surface area contributed by atoms with Crippen LogP contribution in [-0.4, -0.2) is 95.3 Å². The van der Waals surface area contributed by atoms with Crippen LogP contribution in [0.4, 0.5) is 27.3 Å². The molecule has 8 aromatic rings. The van der Waals surface area contributed by atoms with Gasteiger partial charge in [0.2, 0.25) is 11.9 Å². The van der Waals surface area contributed by atoms with Gasteiger partial charge in [-0.3, -0.25) is 9.97 Å². The number of anilines is 3. The predicted molar refractivity (Wildman–Crippen MR) is 301 cm³/mol. The van der Waals surface area contributed by atoms with E-state index in [0.717, 1.165) is 98.5 Å². The monoisotopic (exact) mass is 1060 g/mol. The number of carbonyl (C=O) groups is 2. The zero-order valence-electron chi connectivity index (χ0n) is 45.6. The molecule has 0 saturated heterocycles. The molecule has 4 aliphatic rings. The number of carbonyl (C=O) groups excluding carboxylic acids is 2. The van der Waals surface area contributed by atoms with Crippen LogP contribution in [0.15, 0.2) is 73.6 Å². The van der Waals surface area contributed by atoms with Gasteiger partial charge in [0.1, 0.15) is 33.5 Å². The van der Waals surface area contributed by atoms with Crippen molar-refractivity contribution in [3.05, 3.63) is 101 Å². The fourth-order valence-electron chi connectivity index (χ4n) is 11.1. The van der Waals surface area contributed by atoms with Crippen molar-refractivity contribution in [2.75, 3.05) is 24.1 Å². The van der Waals surface area contributed by atoms with E-state index in [1.165, 1.54) is 43.9 Å². The standard InChI is InChI=1S/C29H35N7O2.C16H19N5.C13H17ClN2O2/c1-18-5-8-20(9-6-18)36-24-16-30-13-11-21(24)22-15-31-27(34-26(22)36)33-25-10-7-19-12-14-35(17-23(19)32-25)28(37)38-29(2,3)4;1-10-2-4-11(5-3-10)21-14-9-18-7-6-12(14)13-8-19-16(17)20-15(13)21;1-13(2,3)18-12(17)16-7-6-9-4-5-11(14)15-10(9)8-16/h7,10-11,13,15-16,18,20H,5-6,8-9,12,14,17H2,1-4H3,(H,31,32,33,34);6-11H,2-5H2,1H3,(H2,17,19,20);4-5H,6-8H2,1-3H3. The summed E-state index contributed by atoms with van der Waals surface area (Å²) in [6.45, 7) is 18.1. The SMILES string of the molecule is CC(C)(C)OC(=O)N1CCc2ccc(Cl)nc2C1.CC1CCC(n2c3cnccc3c3cnc(N)nc32)CC1.CC1CCC(n2c3cnccc3c3cnc(Nc4ccc5c(n4)CN(C(=O)OC(C)(C)C)CC5)nc32)CC1. The first kappa shape index (κ1) is 53.2. The largest absolute Gasteiger partial charge is 0.444 e. The lowest BCUT2D eigenvalue weighted by Gasteiger charge is -2.30. The Bertz CT molecular complexity index is 3440. The van der Waals surface area contributed by atoms with Crippen LogP contribution >= 0.6 is 11.6 Å². The van der Waals surface area contributed by atoms with E-state index in [-0.39, 0.29) is 12.2 Å². The molecule has 0 unspecified atom stereocenters. The van der Waals surface area contributed by atoms with Gasteiger partial charge in [-0.05, 0) is 153 Å². The summed E-state index contributed by atoms with van der Waals surface area (Å²) in [4.78, 5) is 64.0. The molecule has 12 rings (SSSR count). The highest BCUT2D eigenvalue weighted by Gasteiger charge is 2.30. The molecule has 10 heterocycles. The summed E-state index contributed by atoms with van der Waals surface area (Å²) < 4.78 is 15.6. The molecule has 404 valence electrons. The van der Waals surface area contributed by atoms with Crippen molar-refractivity contribution in [2.24, 2.45) is 11.8 Å². The third-order valence-corrected chi connectivity index (χ3v) is 15.3. The minimum absolute atomic E-state index is 0.296. The van der Waals surface area contributed by atoms with Gasteiger partial charge in [0, 0.05) is 71.5 Å².